The van der Waals surface area contributed by atoms with Crippen molar-refractivity contribution in [2.45, 2.75) is 13.5 Å². The van der Waals surface area contributed by atoms with E-state index in [2.05, 4.69) is 0 Å². The van der Waals surface area contributed by atoms with Crippen molar-refractivity contribution in [3.8, 4) is 5.75 Å². The molecule has 0 saturated heterocycles. The van der Waals surface area contributed by atoms with E-state index in [1.165, 1.54) is 0 Å². The summed E-state index contributed by atoms with van der Waals surface area (Å²) >= 11 is 0. The van der Waals surface area contributed by atoms with E-state index in [4.69, 9.17) is 13.6 Å². The molecule has 5 heteroatoms. The number of aryl methyl sites for hydroxylation is 1. The van der Waals surface area contributed by atoms with E-state index in [1.54, 1.807) is 37.6 Å². The average Bonchev–Trinajstić information content (AvgIpc) is 3.01. The molecular formula is C15H12O5. The van der Waals surface area contributed by atoms with Crippen LogP contribution in [0.3, 0.4) is 0 Å². The Bertz CT molecular complexity index is 752. The Labute approximate surface area is 114 Å². The number of rotatable bonds is 4. The van der Waals surface area contributed by atoms with Crippen LogP contribution in [0.4, 0.5) is 0 Å². The maximum absolute atomic E-state index is 11.2. The number of hydrogen-bond acceptors (Lipinski definition) is 4. The first-order valence-electron chi connectivity index (χ1n) is 6.05. The van der Waals surface area contributed by atoms with Crippen molar-refractivity contribution in [1.82, 2.24) is 0 Å². The highest BCUT2D eigenvalue weighted by molar-refractivity contribution is 6.03. The molecule has 0 saturated carbocycles. The molecule has 5 nitrogen and oxygen atoms in total. The topological polar surface area (TPSA) is 72.8 Å². The van der Waals surface area contributed by atoms with Gasteiger partial charge in [0.1, 0.15) is 29.3 Å². The van der Waals surface area contributed by atoms with Crippen LogP contribution in [0.15, 0.2) is 45.6 Å². The van der Waals surface area contributed by atoms with Gasteiger partial charge in [-0.05, 0) is 31.2 Å². The van der Waals surface area contributed by atoms with Gasteiger partial charge in [0.05, 0.1) is 12.5 Å². The normalized spacial score (nSPS) is 10.8. The van der Waals surface area contributed by atoms with Crippen molar-refractivity contribution >= 4 is 16.9 Å². The minimum atomic E-state index is -1.01. The van der Waals surface area contributed by atoms with Gasteiger partial charge in [0, 0.05) is 10.9 Å². The quantitative estimate of drug-likeness (QED) is 0.785. The van der Waals surface area contributed by atoms with Gasteiger partial charge in [-0.2, -0.15) is 0 Å². The summed E-state index contributed by atoms with van der Waals surface area (Å²) in [5, 5.41) is 9.75. The van der Waals surface area contributed by atoms with Crippen LogP contribution in [0.1, 0.15) is 21.7 Å². The molecule has 0 aliphatic heterocycles. The van der Waals surface area contributed by atoms with Gasteiger partial charge in [0.25, 0.3) is 0 Å². The molecule has 102 valence electrons. The second kappa shape index (κ2) is 4.77. The molecule has 0 aliphatic rings. The lowest BCUT2D eigenvalue weighted by Gasteiger charge is -2.04. The van der Waals surface area contributed by atoms with Crippen molar-refractivity contribution in [1.29, 1.82) is 0 Å². The summed E-state index contributed by atoms with van der Waals surface area (Å²) in [6, 6.07) is 6.94. The highest BCUT2D eigenvalue weighted by Crippen LogP contribution is 2.29. The summed E-state index contributed by atoms with van der Waals surface area (Å²) in [5.41, 5.74) is 1.62. The molecule has 0 radical (unpaired) electrons. The summed E-state index contributed by atoms with van der Waals surface area (Å²) in [7, 11) is 0. The molecule has 3 rings (SSSR count). The predicted octanol–water partition coefficient (Wildman–Crippen LogP) is 3.61. The number of carbonyl (C=O) groups is 1. The lowest BCUT2D eigenvalue weighted by Crippen LogP contribution is -1.97. The minimum Gasteiger partial charge on any atom is -0.489 e. The van der Waals surface area contributed by atoms with E-state index in [0.717, 1.165) is 5.56 Å². The standard InChI is InChI=1S/C15H12O5/c1-9-14(15(16)17)12-6-11(2-3-13(12)20-9)19-8-10-4-5-18-7-10/h2-7H,8H2,1H3,(H,16,17). The van der Waals surface area contributed by atoms with E-state index >= 15 is 0 Å². The number of fused-ring (bicyclic) bond motifs is 1. The monoisotopic (exact) mass is 272 g/mol. The van der Waals surface area contributed by atoms with Gasteiger partial charge in [-0.1, -0.05) is 0 Å². The molecule has 0 fully saturated rings. The number of hydrogen-bond donors (Lipinski definition) is 1. The van der Waals surface area contributed by atoms with Crippen LogP contribution in [0, 0.1) is 6.92 Å². The Hall–Kier alpha value is -2.69. The zero-order valence-electron chi connectivity index (χ0n) is 10.8. The highest BCUT2D eigenvalue weighted by atomic mass is 16.5. The molecule has 2 aromatic heterocycles. The highest BCUT2D eigenvalue weighted by Gasteiger charge is 2.17. The van der Waals surface area contributed by atoms with E-state index in [9.17, 15) is 9.90 Å². The summed E-state index contributed by atoms with van der Waals surface area (Å²) in [6.45, 7) is 2.00. The van der Waals surface area contributed by atoms with E-state index in [-0.39, 0.29) is 5.56 Å². The molecule has 20 heavy (non-hydrogen) atoms. The average molecular weight is 272 g/mol. The molecule has 0 unspecified atom stereocenters. The Balaban J connectivity index is 1.93. The van der Waals surface area contributed by atoms with Gasteiger partial charge in [0.2, 0.25) is 0 Å². The number of benzene rings is 1. The van der Waals surface area contributed by atoms with Crippen LogP contribution in [-0.2, 0) is 6.61 Å². The van der Waals surface area contributed by atoms with E-state index in [0.29, 0.717) is 29.1 Å². The minimum absolute atomic E-state index is 0.175. The van der Waals surface area contributed by atoms with Crippen molar-refractivity contribution in [2.24, 2.45) is 0 Å². The van der Waals surface area contributed by atoms with Crippen molar-refractivity contribution < 1.29 is 23.5 Å². The summed E-state index contributed by atoms with van der Waals surface area (Å²) < 4.78 is 16.0. The van der Waals surface area contributed by atoms with Gasteiger partial charge in [-0.3, -0.25) is 0 Å². The van der Waals surface area contributed by atoms with Crippen LogP contribution >= 0.6 is 0 Å². The zero-order valence-corrected chi connectivity index (χ0v) is 10.8. The molecule has 3 aromatic rings. The van der Waals surface area contributed by atoms with Gasteiger partial charge >= 0.3 is 5.97 Å². The third-order valence-electron chi connectivity index (χ3n) is 3.03. The molecule has 0 spiro atoms. The van der Waals surface area contributed by atoms with Crippen LogP contribution < -0.4 is 4.74 Å². The molecular weight excluding hydrogens is 260 g/mol. The predicted molar refractivity (Wildman–Crippen MR) is 71.0 cm³/mol. The van der Waals surface area contributed by atoms with E-state index < -0.39 is 5.97 Å². The molecule has 1 N–H and O–H groups in total. The molecule has 0 amide bonds. The third kappa shape index (κ3) is 2.14. The van der Waals surface area contributed by atoms with Crippen LogP contribution in [-0.4, -0.2) is 11.1 Å². The Morgan fingerprint density at radius 3 is 2.90 bits per heavy atom. The van der Waals surface area contributed by atoms with Crippen molar-refractivity contribution in [2.75, 3.05) is 0 Å². The van der Waals surface area contributed by atoms with Gasteiger partial charge in [0.15, 0.2) is 0 Å². The number of furan rings is 2. The lowest BCUT2D eigenvalue weighted by molar-refractivity contribution is 0.0697. The number of carboxylic acids is 1. The van der Waals surface area contributed by atoms with Gasteiger partial charge in [-0.15, -0.1) is 0 Å². The van der Waals surface area contributed by atoms with Crippen molar-refractivity contribution in [3.63, 3.8) is 0 Å². The SMILES string of the molecule is Cc1oc2ccc(OCc3ccoc3)cc2c1C(=O)O. The third-order valence-corrected chi connectivity index (χ3v) is 3.03. The maximum atomic E-state index is 11.2. The second-order valence-electron chi connectivity index (χ2n) is 4.42. The second-order valence-corrected chi connectivity index (χ2v) is 4.42. The Morgan fingerprint density at radius 2 is 2.20 bits per heavy atom. The van der Waals surface area contributed by atoms with Gasteiger partial charge < -0.3 is 18.7 Å². The maximum Gasteiger partial charge on any atom is 0.339 e. The van der Waals surface area contributed by atoms with Crippen LogP contribution in [0.5, 0.6) is 5.75 Å². The first kappa shape index (κ1) is 12.3. The molecule has 2 heterocycles. The van der Waals surface area contributed by atoms with E-state index in [1.807, 2.05) is 6.07 Å². The zero-order chi connectivity index (χ0) is 14.1. The summed E-state index contributed by atoms with van der Waals surface area (Å²) in [5.74, 6) is -0.0327. The van der Waals surface area contributed by atoms with Crippen LogP contribution in [0.2, 0.25) is 0 Å². The smallest absolute Gasteiger partial charge is 0.339 e. The Kier molecular flexibility index (Phi) is 2.95. The molecule has 0 bridgehead atoms. The summed E-state index contributed by atoms with van der Waals surface area (Å²) in [4.78, 5) is 11.2. The fraction of sp³-hybridized carbons (Fsp3) is 0.133. The fourth-order valence-corrected chi connectivity index (χ4v) is 2.10. The largest absolute Gasteiger partial charge is 0.489 e. The number of aromatic carboxylic acids is 1. The molecule has 1 aromatic carbocycles. The van der Waals surface area contributed by atoms with Crippen LogP contribution in [0.25, 0.3) is 11.0 Å². The van der Waals surface area contributed by atoms with Gasteiger partial charge in [-0.25, -0.2) is 4.79 Å². The fourth-order valence-electron chi connectivity index (χ4n) is 2.10. The first-order valence-corrected chi connectivity index (χ1v) is 6.05. The lowest BCUT2D eigenvalue weighted by atomic mass is 10.1. The molecule has 0 atom stereocenters. The molecule has 0 aliphatic carbocycles. The number of ether oxygens (including phenoxy) is 1. The summed E-state index contributed by atoms with van der Waals surface area (Å²) in [6.07, 6.45) is 3.17. The van der Waals surface area contributed by atoms with Crippen molar-refractivity contribution in [3.05, 3.63) is 53.7 Å². The first-order chi connectivity index (χ1) is 9.65. The number of carboxylic acid groups (broad SMARTS) is 1. The Morgan fingerprint density at radius 1 is 1.35 bits per heavy atom.